The van der Waals surface area contributed by atoms with E-state index in [0.717, 1.165) is 24.5 Å². The zero-order valence-corrected chi connectivity index (χ0v) is 10.4. The second-order valence-electron chi connectivity index (χ2n) is 4.76. The molecule has 1 saturated heterocycles. The zero-order chi connectivity index (χ0) is 12.3. The van der Waals surface area contributed by atoms with Gasteiger partial charge in [0.15, 0.2) is 0 Å². The lowest BCUT2D eigenvalue weighted by molar-refractivity contribution is 0.399. The van der Waals surface area contributed by atoms with Crippen LogP contribution in [0.4, 0.5) is 5.82 Å². The van der Waals surface area contributed by atoms with Gasteiger partial charge >= 0.3 is 0 Å². The first-order valence-corrected chi connectivity index (χ1v) is 5.99. The Kier molecular flexibility index (Phi) is 3.60. The van der Waals surface area contributed by atoms with Crippen LogP contribution in [0.3, 0.4) is 0 Å². The minimum atomic E-state index is 0.661. The van der Waals surface area contributed by atoms with Crippen molar-refractivity contribution in [2.24, 2.45) is 5.92 Å². The number of pyridine rings is 1. The molecule has 0 aliphatic carbocycles. The van der Waals surface area contributed by atoms with E-state index >= 15 is 0 Å². The van der Waals surface area contributed by atoms with E-state index in [2.05, 4.69) is 28.3 Å². The van der Waals surface area contributed by atoms with Crippen LogP contribution < -0.4 is 5.32 Å². The molecule has 1 N–H and O–H groups in total. The van der Waals surface area contributed by atoms with Crippen molar-refractivity contribution in [2.75, 3.05) is 32.0 Å². The lowest BCUT2D eigenvalue weighted by atomic mass is 10.1. The highest BCUT2D eigenvalue weighted by Crippen LogP contribution is 2.18. The highest BCUT2D eigenvalue weighted by atomic mass is 15.1. The fourth-order valence-electron chi connectivity index (χ4n) is 2.27. The molecule has 1 fully saturated rings. The molecule has 1 aliphatic heterocycles. The fourth-order valence-corrected chi connectivity index (χ4v) is 2.27. The maximum absolute atomic E-state index is 9.10. The van der Waals surface area contributed by atoms with E-state index in [1.54, 1.807) is 6.20 Å². The molecule has 0 aromatic carbocycles. The number of hydrogen-bond donors (Lipinski definition) is 1. The highest BCUT2D eigenvalue weighted by Gasteiger charge is 2.19. The van der Waals surface area contributed by atoms with Crippen LogP contribution in [0.1, 0.15) is 17.5 Å². The number of nitrogens with zero attached hydrogens (tertiary/aromatic N) is 3. The second kappa shape index (κ2) is 5.15. The van der Waals surface area contributed by atoms with Gasteiger partial charge in [-0.1, -0.05) is 0 Å². The molecule has 2 rings (SSSR count). The first-order valence-electron chi connectivity index (χ1n) is 5.99. The van der Waals surface area contributed by atoms with Crippen LogP contribution in [0.15, 0.2) is 12.3 Å². The predicted octanol–water partition coefficient (Wildman–Crippen LogP) is 1.63. The van der Waals surface area contributed by atoms with Gasteiger partial charge in [0.1, 0.15) is 11.9 Å². The van der Waals surface area contributed by atoms with Crippen molar-refractivity contribution < 1.29 is 0 Å². The summed E-state index contributed by atoms with van der Waals surface area (Å²) in [6, 6.07) is 4.08. The van der Waals surface area contributed by atoms with E-state index in [0.29, 0.717) is 11.5 Å². The molecule has 17 heavy (non-hydrogen) atoms. The Bertz CT molecular complexity index is 436. The Morgan fingerprint density at radius 3 is 3.12 bits per heavy atom. The monoisotopic (exact) mass is 230 g/mol. The number of hydrogen-bond acceptors (Lipinski definition) is 4. The Labute approximate surface area is 102 Å². The average molecular weight is 230 g/mol. The summed E-state index contributed by atoms with van der Waals surface area (Å²) in [7, 11) is 2.14. The van der Waals surface area contributed by atoms with Gasteiger partial charge in [-0.3, -0.25) is 0 Å². The summed E-state index contributed by atoms with van der Waals surface area (Å²) in [6.07, 6.45) is 2.97. The summed E-state index contributed by atoms with van der Waals surface area (Å²) in [6.45, 7) is 5.13. The Balaban J connectivity index is 2.00. The van der Waals surface area contributed by atoms with Gasteiger partial charge in [-0.05, 0) is 44.5 Å². The quantitative estimate of drug-likeness (QED) is 0.857. The number of rotatable bonds is 3. The molecule has 1 atom stereocenters. The van der Waals surface area contributed by atoms with Crippen LogP contribution >= 0.6 is 0 Å². The molecule has 0 bridgehead atoms. The number of aryl methyl sites for hydroxylation is 1. The largest absolute Gasteiger partial charge is 0.369 e. The summed E-state index contributed by atoms with van der Waals surface area (Å²) in [5.41, 5.74) is 1.65. The van der Waals surface area contributed by atoms with Gasteiger partial charge in [0.2, 0.25) is 0 Å². The molecule has 90 valence electrons. The molecule has 1 aliphatic rings. The van der Waals surface area contributed by atoms with Crippen molar-refractivity contribution >= 4 is 5.82 Å². The van der Waals surface area contributed by atoms with Crippen LogP contribution in [-0.2, 0) is 0 Å². The van der Waals surface area contributed by atoms with Gasteiger partial charge in [0.25, 0.3) is 0 Å². The summed E-state index contributed by atoms with van der Waals surface area (Å²) >= 11 is 0. The smallest absolute Gasteiger partial charge is 0.144 e. The first kappa shape index (κ1) is 11.9. The topological polar surface area (TPSA) is 52.0 Å². The third kappa shape index (κ3) is 2.75. The maximum Gasteiger partial charge on any atom is 0.144 e. The summed E-state index contributed by atoms with van der Waals surface area (Å²) in [5.74, 6) is 1.39. The average Bonchev–Trinajstić information content (AvgIpc) is 2.72. The molecule has 2 heterocycles. The minimum Gasteiger partial charge on any atom is -0.369 e. The molecular formula is C13H18N4. The zero-order valence-electron chi connectivity index (χ0n) is 10.4. The molecule has 1 aromatic heterocycles. The lowest BCUT2D eigenvalue weighted by Gasteiger charge is -2.13. The number of nitrogens with one attached hydrogen (secondary N) is 1. The van der Waals surface area contributed by atoms with E-state index in [4.69, 9.17) is 5.26 Å². The van der Waals surface area contributed by atoms with E-state index in [-0.39, 0.29) is 0 Å². The standard InChI is InChI=1S/C13H18N4/c1-10-3-5-15-13(12(10)7-14)16-8-11-4-6-17(2)9-11/h3,5,11H,4,6,8-9H2,1-2H3,(H,15,16). The van der Waals surface area contributed by atoms with E-state index < -0.39 is 0 Å². The van der Waals surface area contributed by atoms with Gasteiger partial charge in [-0.2, -0.15) is 5.26 Å². The van der Waals surface area contributed by atoms with Gasteiger partial charge < -0.3 is 10.2 Å². The van der Waals surface area contributed by atoms with Crippen molar-refractivity contribution in [3.8, 4) is 6.07 Å². The van der Waals surface area contributed by atoms with E-state index in [9.17, 15) is 0 Å². The highest BCUT2D eigenvalue weighted by molar-refractivity contribution is 5.55. The van der Waals surface area contributed by atoms with Gasteiger partial charge in [0.05, 0.1) is 5.56 Å². The van der Waals surface area contributed by atoms with Crippen molar-refractivity contribution in [1.29, 1.82) is 5.26 Å². The maximum atomic E-state index is 9.10. The molecular weight excluding hydrogens is 212 g/mol. The van der Waals surface area contributed by atoms with Crippen LogP contribution in [-0.4, -0.2) is 36.6 Å². The SMILES string of the molecule is Cc1ccnc(NCC2CCN(C)C2)c1C#N. The summed E-state index contributed by atoms with van der Waals surface area (Å²) in [4.78, 5) is 6.58. The van der Waals surface area contributed by atoms with E-state index in [1.165, 1.54) is 13.0 Å². The van der Waals surface area contributed by atoms with Crippen molar-refractivity contribution in [1.82, 2.24) is 9.88 Å². The van der Waals surface area contributed by atoms with Crippen LogP contribution in [0.25, 0.3) is 0 Å². The van der Waals surface area contributed by atoms with Gasteiger partial charge in [-0.25, -0.2) is 4.98 Å². The molecule has 0 spiro atoms. The summed E-state index contributed by atoms with van der Waals surface area (Å²) < 4.78 is 0. The summed E-state index contributed by atoms with van der Waals surface area (Å²) in [5, 5.41) is 12.4. The first-order chi connectivity index (χ1) is 8.20. The number of likely N-dealkylation sites (tertiary alicyclic amines) is 1. The van der Waals surface area contributed by atoms with Crippen LogP contribution in [0.2, 0.25) is 0 Å². The third-order valence-electron chi connectivity index (χ3n) is 3.32. The fraction of sp³-hybridized carbons (Fsp3) is 0.538. The Hall–Kier alpha value is -1.60. The van der Waals surface area contributed by atoms with Crippen molar-refractivity contribution in [3.05, 3.63) is 23.4 Å². The molecule has 1 aromatic rings. The lowest BCUT2D eigenvalue weighted by Crippen LogP contribution is -2.19. The van der Waals surface area contributed by atoms with Crippen molar-refractivity contribution in [2.45, 2.75) is 13.3 Å². The Morgan fingerprint density at radius 2 is 2.47 bits per heavy atom. The number of anilines is 1. The Morgan fingerprint density at radius 1 is 1.65 bits per heavy atom. The molecule has 0 radical (unpaired) electrons. The minimum absolute atomic E-state index is 0.661. The molecule has 4 heteroatoms. The molecule has 0 saturated carbocycles. The van der Waals surface area contributed by atoms with Crippen molar-refractivity contribution in [3.63, 3.8) is 0 Å². The molecule has 1 unspecified atom stereocenters. The van der Waals surface area contributed by atoms with Crippen LogP contribution in [0, 0.1) is 24.2 Å². The third-order valence-corrected chi connectivity index (χ3v) is 3.32. The predicted molar refractivity (Wildman–Crippen MR) is 67.8 cm³/mol. The number of nitriles is 1. The van der Waals surface area contributed by atoms with E-state index in [1.807, 2.05) is 13.0 Å². The van der Waals surface area contributed by atoms with Crippen LogP contribution in [0.5, 0.6) is 0 Å². The van der Waals surface area contributed by atoms with Gasteiger partial charge in [-0.15, -0.1) is 0 Å². The number of aromatic nitrogens is 1. The second-order valence-corrected chi connectivity index (χ2v) is 4.76. The molecule has 0 amide bonds. The normalized spacial score (nSPS) is 20.2. The van der Waals surface area contributed by atoms with Gasteiger partial charge in [0, 0.05) is 19.3 Å². The molecule has 4 nitrogen and oxygen atoms in total.